The van der Waals surface area contributed by atoms with Crippen LogP contribution >= 0.6 is 33.2 Å². The minimum absolute atomic E-state index is 0.0176. The Labute approximate surface area is 476 Å². The fourth-order valence-electron chi connectivity index (χ4n) is 8.63. The normalized spacial score (nSPS) is 21.2. The molecular weight excluding hydrogens is 1090 g/mol. The van der Waals surface area contributed by atoms with Crippen molar-refractivity contribution < 1.29 is 58.5 Å². The number of aliphatic hydroxyl groups excluding tert-OH is 1. The second kappa shape index (κ2) is 31.0. The van der Waals surface area contributed by atoms with Gasteiger partial charge in [0.2, 0.25) is 47.3 Å². The summed E-state index contributed by atoms with van der Waals surface area (Å²) in [4.78, 5) is 128. The summed E-state index contributed by atoms with van der Waals surface area (Å²) < 4.78 is 0. The van der Waals surface area contributed by atoms with Crippen LogP contribution in [-0.4, -0.2) is 147 Å². The van der Waals surface area contributed by atoms with Crippen molar-refractivity contribution in [2.75, 3.05) is 25.1 Å². The first-order valence-corrected chi connectivity index (χ1v) is 28.6. The van der Waals surface area contributed by atoms with Gasteiger partial charge in [-0.3, -0.25) is 43.2 Å². The SMILES string of the molecule is C[C@@H](O)[C@@H]1NC(=O)[C@H](CCCCN)N(C)C(=O)[C@@H](Cc2ccc(C(N)=O)cc2)NC(=O)[C@H](Cc2ccc(O)cc2)CC(=O)[C@H](NC(=O)[C@@H](N)Cc2ccc(Cl)cc2)CSSC[C@@H](C(=O)N[C@H](Cc2ccc(O)cc2)C(N)=O)NC1=O. The Kier molecular flexibility index (Phi) is 24.6. The molecule has 1 aliphatic rings. The van der Waals surface area contributed by atoms with Gasteiger partial charge in [0.25, 0.3) is 0 Å². The van der Waals surface area contributed by atoms with Gasteiger partial charge >= 0.3 is 0 Å². The monoisotopic (exact) mass is 1160 g/mol. The van der Waals surface area contributed by atoms with Crippen LogP contribution in [0.3, 0.4) is 0 Å². The number of carbonyl (C=O) groups is 9. The maximum absolute atomic E-state index is 15.0. The predicted octanol–water partition coefficient (Wildman–Crippen LogP) is 0.665. The van der Waals surface area contributed by atoms with Gasteiger partial charge in [0.1, 0.15) is 41.7 Å². The van der Waals surface area contributed by atoms with E-state index >= 15 is 4.79 Å². The van der Waals surface area contributed by atoms with Crippen molar-refractivity contribution >= 4 is 86.2 Å². The van der Waals surface area contributed by atoms with Crippen molar-refractivity contribution in [1.29, 1.82) is 0 Å². The molecule has 4 aromatic carbocycles. The first-order valence-electron chi connectivity index (χ1n) is 25.7. The molecule has 5 rings (SSSR count). The van der Waals surface area contributed by atoms with Crippen molar-refractivity contribution in [3.63, 3.8) is 0 Å². The molecule has 0 spiro atoms. The zero-order chi connectivity index (χ0) is 58.6. The topological polar surface area (TPSA) is 382 Å². The summed E-state index contributed by atoms with van der Waals surface area (Å²) in [5.41, 5.74) is 25.8. The van der Waals surface area contributed by atoms with E-state index in [9.17, 15) is 53.7 Å². The van der Waals surface area contributed by atoms with Crippen LogP contribution in [0.15, 0.2) is 97.1 Å². The number of nitrogens with two attached hydrogens (primary N) is 4. The zero-order valence-corrected chi connectivity index (χ0v) is 46.6. The number of unbranched alkanes of at least 4 members (excludes halogenated alkanes) is 1. The Hall–Kier alpha value is -7.22. The Balaban J connectivity index is 1.60. The lowest BCUT2D eigenvalue weighted by Gasteiger charge is -2.33. The van der Waals surface area contributed by atoms with Gasteiger partial charge in [-0.05, 0) is 116 Å². The van der Waals surface area contributed by atoms with Gasteiger partial charge in [-0.2, -0.15) is 0 Å². The minimum atomic E-state index is -1.75. The molecule has 430 valence electrons. The molecule has 4 aromatic rings. The zero-order valence-electron chi connectivity index (χ0n) is 44.2. The summed E-state index contributed by atoms with van der Waals surface area (Å²) >= 11 is 6.08. The number of Topliss-reactive ketones (excluding diaryl/α,β-unsaturated/α-hetero) is 1. The van der Waals surface area contributed by atoms with E-state index in [-0.39, 0.29) is 67.2 Å². The maximum Gasteiger partial charge on any atom is 0.248 e. The summed E-state index contributed by atoms with van der Waals surface area (Å²) in [6.45, 7) is 1.44. The number of likely N-dealkylation sites (N-methyl/N-ethyl adjacent to an activating group) is 1. The van der Waals surface area contributed by atoms with Crippen LogP contribution < -0.4 is 49.5 Å². The van der Waals surface area contributed by atoms with E-state index < -0.39 is 114 Å². The number of benzene rings is 4. The number of rotatable bonds is 19. The van der Waals surface area contributed by atoms with Gasteiger partial charge < -0.3 is 69.7 Å². The number of nitrogens with one attached hydrogen (secondary N) is 5. The smallest absolute Gasteiger partial charge is 0.248 e. The van der Waals surface area contributed by atoms with E-state index in [0.717, 1.165) is 26.5 Å². The molecule has 1 heterocycles. The fraction of sp³-hybridized carbons (Fsp3) is 0.400. The highest BCUT2D eigenvalue weighted by molar-refractivity contribution is 8.76. The van der Waals surface area contributed by atoms with Crippen LogP contribution in [-0.2, 0) is 64.0 Å². The number of aromatic hydroxyl groups is 2. The quantitative estimate of drug-likeness (QED) is 0.0453. The average molecular weight is 1160 g/mol. The van der Waals surface area contributed by atoms with Crippen molar-refractivity contribution in [3.8, 4) is 11.5 Å². The summed E-state index contributed by atoms with van der Waals surface area (Å²) in [6.07, 6.45) is -1.84. The molecule has 0 aromatic heterocycles. The molecule has 0 aliphatic carbocycles. The number of nitrogens with zero attached hydrogens (tertiary/aromatic N) is 1. The molecule has 22 nitrogen and oxygen atoms in total. The molecule has 1 fully saturated rings. The standard InChI is InChI=1S/C55H69ClN10O12S2/c1-30(67)47-54(77)64-44(52(75)61-41(49(60)72)25-34-12-20-39(69)21-13-34)29-80-79-28-43(63-51(74)40(58)24-32-8-16-37(56)17-9-32)46(70)27-36(23-31-10-18-38(68)19-11-31)50(73)62-42(26-33-6-14-35(15-7-33)48(59)71)55(78)66(2)45(53(76)65-47)5-3-4-22-57/h6-21,30,36,40-45,47,67-69H,3-5,22-29,57-58H2,1-2H3,(H2,59,71)(H2,60,72)(H,61,75)(H,62,73)(H,63,74)(H,64,77)(H,65,76)/t30-,36-,40+,41-,42-,43-,44+,45+,47+/m1/s1. The van der Waals surface area contributed by atoms with Crippen LogP contribution in [0.5, 0.6) is 11.5 Å². The Morgan fingerprint density at radius 1 is 0.738 bits per heavy atom. The van der Waals surface area contributed by atoms with E-state index in [1.165, 1.54) is 74.6 Å². The molecule has 1 aliphatic heterocycles. The first-order chi connectivity index (χ1) is 38.0. The number of ketones is 1. The number of aliphatic hydroxyl groups is 1. The van der Waals surface area contributed by atoms with E-state index in [1.807, 2.05) is 0 Å². The van der Waals surface area contributed by atoms with E-state index in [0.29, 0.717) is 40.1 Å². The number of primary amides is 2. The number of phenols is 2. The van der Waals surface area contributed by atoms with Gasteiger partial charge in [-0.15, -0.1) is 0 Å². The lowest BCUT2D eigenvalue weighted by Crippen LogP contribution is -2.62. The van der Waals surface area contributed by atoms with Crippen LogP contribution in [0.25, 0.3) is 0 Å². The maximum atomic E-state index is 15.0. The van der Waals surface area contributed by atoms with Crippen molar-refractivity contribution in [2.24, 2.45) is 28.9 Å². The van der Waals surface area contributed by atoms with Crippen LogP contribution in [0, 0.1) is 5.92 Å². The van der Waals surface area contributed by atoms with E-state index in [2.05, 4.69) is 26.6 Å². The number of hydrogen-bond donors (Lipinski definition) is 12. The van der Waals surface area contributed by atoms with Gasteiger partial charge in [0.15, 0.2) is 5.78 Å². The molecule has 0 bridgehead atoms. The Morgan fingerprint density at radius 2 is 1.30 bits per heavy atom. The lowest BCUT2D eigenvalue weighted by atomic mass is 9.90. The molecule has 8 amide bonds. The summed E-state index contributed by atoms with van der Waals surface area (Å²) in [7, 11) is 3.29. The highest BCUT2D eigenvalue weighted by Gasteiger charge is 2.38. The molecule has 25 heteroatoms. The van der Waals surface area contributed by atoms with E-state index in [1.54, 1.807) is 36.4 Å². The van der Waals surface area contributed by atoms with Crippen LogP contribution in [0.4, 0.5) is 0 Å². The van der Waals surface area contributed by atoms with Gasteiger partial charge in [0.05, 0.1) is 18.2 Å². The predicted molar refractivity (Wildman–Crippen MR) is 303 cm³/mol. The third kappa shape index (κ3) is 19.5. The largest absolute Gasteiger partial charge is 0.508 e. The molecule has 80 heavy (non-hydrogen) atoms. The molecular formula is C55H69ClN10O12S2. The van der Waals surface area contributed by atoms with Gasteiger partial charge in [-0.1, -0.05) is 81.7 Å². The van der Waals surface area contributed by atoms with Gasteiger partial charge in [-0.25, -0.2) is 0 Å². The summed E-state index contributed by atoms with van der Waals surface area (Å²) in [5, 5.41) is 44.7. The fourth-order valence-corrected chi connectivity index (χ4v) is 11.1. The number of carbonyl (C=O) groups excluding carboxylic acids is 9. The third-order valence-corrected chi connectivity index (χ3v) is 15.9. The summed E-state index contributed by atoms with van der Waals surface area (Å²) in [6, 6.07) is 14.3. The average Bonchev–Trinajstić information content (AvgIpc) is 3.42. The van der Waals surface area contributed by atoms with Crippen molar-refractivity contribution in [1.82, 2.24) is 31.5 Å². The molecule has 1 saturated heterocycles. The highest BCUT2D eigenvalue weighted by Crippen LogP contribution is 2.26. The lowest BCUT2D eigenvalue weighted by molar-refractivity contribution is -0.144. The highest BCUT2D eigenvalue weighted by atomic mass is 35.5. The first kappa shape index (κ1) is 63.6. The molecule has 9 atom stereocenters. The molecule has 0 radical (unpaired) electrons. The van der Waals surface area contributed by atoms with Crippen molar-refractivity contribution in [2.45, 2.75) is 107 Å². The number of phenolic OH excluding ortho intramolecular Hbond substituents is 2. The van der Waals surface area contributed by atoms with Gasteiger partial charge in [0, 0.05) is 54.3 Å². The molecule has 0 unspecified atom stereocenters. The van der Waals surface area contributed by atoms with Crippen molar-refractivity contribution in [3.05, 3.63) is 130 Å². The number of halogens is 1. The second-order valence-corrected chi connectivity index (χ2v) is 22.5. The Bertz CT molecular complexity index is 2800. The number of amides is 8. The third-order valence-electron chi connectivity index (χ3n) is 13.3. The Morgan fingerprint density at radius 3 is 1.89 bits per heavy atom. The summed E-state index contributed by atoms with van der Waals surface area (Å²) in [5.74, 6) is -9.29. The molecule has 16 N–H and O–H groups in total. The number of hydrogen-bond acceptors (Lipinski definition) is 16. The molecule has 0 saturated carbocycles. The van der Waals surface area contributed by atoms with E-state index in [4.69, 9.17) is 34.5 Å². The second-order valence-electron chi connectivity index (χ2n) is 19.5. The van der Waals surface area contributed by atoms with Crippen LogP contribution in [0.2, 0.25) is 5.02 Å². The minimum Gasteiger partial charge on any atom is -0.508 e. The van der Waals surface area contributed by atoms with Crippen LogP contribution in [0.1, 0.15) is 65.2 Å².